The number of amides is 3. The summed E-state index contributed by atoms with van der Waals surface area (Å²) in [5.74, 6) is -1.15. The van der Waals surface area contributed by atoms with Crippen LogP contribution in [0.2, 0.25) is 0 Å². The van der Waals surface area contributed by atoms with Gasteiger partial charge in [0.1, 0.15) is 11.6 Å². The number of ether oxygens (including phenoxy) is 1. The molecule has 2 aliphatic heterocycles. The number of nitrogen functional groups attached to an aromatic ring is 1. The Morgan fingerprint density at radius 2 is 1.92 bits per heavy atom. The van der Waals surface area contributed by atoms with E-state index in [2.05, 4.69) is 5.32 Å². The second-order valence-electron chi connectivity index (χ2n) is 5.85. The number of aromatic nitrogens is 1. The van der Waals surface area contributed by atoms with Crippen LogP contribution in [0.4, 0.5) is 11.5 Å². The van der Waals surface area contributed by atoms with Gasteiger partial charge in [0, 0.05) is 18.7 Å². The van der Waals surface area contributed by atoms with Crippen LogP contribution in [0, 0.1) is 0 Å². The van der Waals surface area contributed by atoms with Crippen molar-refractivity contribution in [1.82, 2.24) is 9.88 Å². The zero-order valence-electron chi connectivity index (χ0n) is 13.7. The molecule has 0 radical (unpaired) electrons. The summed E-state index contributed by atoms with van der Waals surface area (Å²) in [4.78, 5) is 49.6. The van der Waals surface area contributed by atoms with Gasteiger partial charge in [-0.15, -0.1) is 0 Å². The Bertz CT molecular complexity index is 1060. The first-order valence-electron chi connectivity index (χ1n) is 7.91. The second-order valence-corrected chi connectivity index (χ2v) is 5.85. The maximum atomic E-state index is 12.5. The minimum Gasteiger partial charge on any atom is -0.481 e. The van der Waals surface area contributed by atoms with Gasteiger partial charge in [-0.1, -0.05) is 0 Å². The third kappa shape index (κ3) is 2.10. The largest absolute Gasteiger partial charge is 0.481 e. The molecule has 26 heavy (non-hydrogen) atoms. The lowest BCUT2D eigenvalue weighted by molar-refractivity contribution is -0.121. The highest BCUT2D eigenvalue weighted by molar-refractivity contribution is 6.23. The number of likely N-dealkylation sites (N-methyl/N-ethyl adjacent to an activating group) is 1. The van der Waals surface area contributed by atoms with Crippen molar-refractivity contribution in [3.63, 3.8) is 0 Å². The molecular formula is C17H14N4O5. The average Bonchev–Trinajstić information content (AvgIpc) is 2.88. The first-order chi connectivity index (χ1) is 12.4. The maximum Gasteiger partial charge on any atom is 0.265 e. The number of pyridine rings is 1. The molecular weight excluding hydrogens is 340 g/mol. The molecule has 0 saturated carbocycles. The molecule has 9 heteroatoms. The van der Waals surface area contributed by atoms with E-state index in [-0.39, 0.29) is 29.5 Å². The Morgan fingerprint density at radius 1 is 1.15 bits per heavy atom. The Morgan fingerprint density at radius 3 is 2.65 bits per heavy atom. The van der Waals surface area contributed by atoms with Crippen molar-refractivity contribution < 1.29 is 19.1 Å². The van der Waals surface area contributed by atoms with Crippen molar-refractivity contribution in [1.29, 1.82) is 0 Å². The number of benzene rings is 1. The molecule has 0 spiro atoms. The summed E-state index contributed by atoms with van der Waals surface area (Å²) in [6, 6.07) is 5.90. The molecule has 3 amide bonds. The van der Waals surface area contributed by atoms with Gasteiger partial charge in [0.15, 0.2) is 6.61 Å². The molecule has 3 heterocycles. The number of anilines is 2. The monoisotopic (exact) mass is 354 g/mol. The van der Waals surface area contributed by atoms with Crippen LogP contribution >= 0.6 is 0 Å². The van der Waals surface area contributed by atoms with Crippen molar-refractivity contribution in [3.05, 3.63) is 45.7 Å². The van der Waals surface area contributed by atoms with Gasteiger partial charge < -0.3 is 15.4 Å². The molecule has 0 unspecified atom stereocenters. The van der Waals surface area contributed by atoms with Crippen LogP contribution in [0.3, 0.4) is 0 Å². The van der Waals surface area contributed by atoms with Gasteiger partial charge in [-0.2, -0.15) is 0 Å². The number of hydrogen-bond acceptors (Lipinski definition) is 6. The van der Waals surface area contributed by atoms with Crippen LogP contribution in [0.5, 0.6) is 5.75 Å². The lowest BCUT2D eigenvalue weighted by atomic mass is 10.1. The summed E-state index contributed by atoms with van der Waals surface area (Å²) in [5.41, 5.74) is 6.36. The highest BCUT2D eigenvalue weighted by atomic mass is 16.5. The first kappa shape index (κ1) is 15.9. The van der Waals surface area contributed by atoms with Crippen LogP contribution in [0.1, 0.15) is 27.6 Å². The van der Waals surface area contributed by atoms with E-state index in [9.17, 15) is 19.2 Å². The molecule has 2 aliphatic rings. The normalized spacial score (nSPS) is 15.4. The van der Waals surface area contributed by atoms with Gasteiger partial charge in [0.25, 0.3) is 23.3 Å². The zero-order valence-corrected chi connectivity index (χ0v) is 13.7. The highest BCUT2D eigenvalue weighted by Gasteiger charge is 2.32. The van der Waals surface area contributed by atoms with Gasteiger partial charge in [-0.25, -0.2) is 0 Å². The molecule has 9 nitrogen and oxygen atoms in total. The van der Waals surface area contributed by atoms with E-state index in [0.29, 0.717) is 23.7 Å². The van der Waals surface area contributed by atoms with Crippen LogP contribution in [-0.4, -0.2) is 35.4 Å². The number of nitrogens with two attached hydrogens (primary N) is 1. The Hall–Kier alpha value is -3.62. The van der Waals surface area contributed by atoms with Crippen LogP contribution in [0.15, 0.2) is 29.1 Å². The zero-order chi connectivity index (χ0) is 18.6. The molecule has 132 valence electrons. The molecule has 4 rings (SSSR count). The van der Waals surface area contributed by atoms with Gasteiger partial charge in [-0.3, -0.25) is 29.1 Å². The van der Waals surface area contributed by atoms with Gasteiger partial charge in [0.2, 0.25) is 0 Å². The number of nitrogens with zero attached hydrogens (tertiary/aromatic N) is 2. The summed E-state index contributed by atoms with van der Waals surface area (Å²) < 4.78 is 6.59. The molecule has 0 saturated heterocycles. The summed E-state index contributed by atoms with van der Waals surface area (Å²) >= 11 is 0. The molecule has 0 aliphatic carbocycles. The summed E-state index contributed by atoms with van der Waals surface area (Å²) in [5, 5.41) is 2.12. The summed E-state index contributed by atoms with van der Waals surface area (Å²) in [6.07, 6.45) is 0. The van der Waals surface area contributed by atoms with Crippen LogP contribution < -0.4 is 26.2 Å². The molecule has 0 bridgehead atoms. The van der Waals surface area contributed by atoms with E-state index in [1.54, 1.807) is 23.1 Å². The standard InChI is InChI=1S/C17H14N4O5/c1-2-20-10-4-3-8(5-11(10)26-7-13(20)23)21-12(22)6-9-14(15(21)18)17(25)19-16(9)24/h3-6H,2,7,18H2,1H3,(H,19,24,25). The molecule has 3 N–H and O–H groups in total. The smallest absolute Gasteiger partial charge is 0.265 e. The topological polar surface area (TPSA) is 124 Å². The fraction of sp³-hybridized carbons (Fsp3) is 0.176. The third-order valence-electron chi connectivity index (χ3n) is 4.41. The van der Waals surface area contributed by atoms with Gasteiger partial charge in [-0.05, 0) is 19.1 Å². The quantitative estimate of drug-likeness (QED) is 0.735. The number of carbonyl (C=O) groups excluding carboxylic acids is 3. The predicted octanol–water partition coefficient (Wildman–Crippen LogP) is 0.0486. The van der Waals surface area contributed by atoms with E-state index in [0.717, 1.165) is 10.6 Å². The van der Waals surface area contributed by atoms with Crippen molar-refractivity contribution in [2.24, 2.45) is 0 Å². The maximum absolute atomic E-state index is 12.5. The Kier molecular flexibility index (Phi) is 3.33. The molecule has 1 aromatic heterocycles. The van der Waals surface area contributed by atoms with Crippen LogP contribution in [-0.2, 0) is 4.79 Å². The number of carbonyl (C=O) groups is 3. The SMILES string of the molecule is CCN1C(=O)COc2cc(-n3c(N)c4c(cc3=O)C(=O)NC4=O)ccc21. The first-order valence-corrected chi connectivity index (χ1v) is 7.91. The molecule has 0 fully saturated rings. The fourth-order valence-corrected chi connectivity index (χ4v) is 3.22. The Balaban J connectivity index is 1.89. The minimum atomic E-state index is -0.646. The fourth-order valence-electron chi connectivity index (χ4n) is 3.22. The van der Waals surface area contributed by atoms with Crippen molar-refractivity contribution >= 4 is 29.2 Å². The third-order valence-corrected chi connectivity index (χ3v) is 4.41. The van der Waals surface area contributed by atoms with Crippen LogP contribution in [0.25, 0.3) is 5.69 Å². The number of nitrogens with one attached hydrogen (secondary N) is 1. The number of fused-ring (bicyclic) bond motifs is 2. The van der Waals surface area contributed by atoms with E-state index in [1.165, 1.54) is 0 Å². The molecule has 0 atom stereocenters. The lowest BCUT2D eigenvalue weighted by Gasteiger charge is -2.28. The second kappa shape index (κ2) is 5.45. The van der Waals surface area contributed by atoms with E-state index in [4.69, 9.17) is 10.5 Å². The summed E-state index contributed by atoms with van der Waals surface area (Å²) in [6.45, 7) is 2.23. The van der Waals surface area contributed by atoms with Gasteiger partial charge >= 0.3 is 0 Å². The van der Waals surface area contributed by atoms with Gasteiger partial charge in [0.05, 0.1) is 22.5 Å². The highest BCUT2D eigenvalue weighted by Crippen LogP contribution is 2.34. The van der Waals surface area contributed by atoms with Crippen molar-refractivity contribution in [2.45, 2.75) is 6.92 Å². The molecule has 2 aromatic rings. The number of imide groups is 1. The van der Waals surface area contributed by atoms with E-state index >= 15 is 0 Å². The summed E-state index contributed by atoms with van der Waals surface area (Å²) in [7, 11) is 0. The minimum absolute atomic E-state index is 0.0291. The van der Waals surface area contributed by atoms with Crippen molar-refractivity contribution in [2.75, 3.05) is 23.8 Å². The van der Waals surface area contributed by atoms with E-state index < -0.39 is 17.4 Å². The average molecular weight is 354 g/mol. The predicted molar refractivity (Wildman–Crippen MR) is 91.8 cm³/mol. The molecule has 1 aromatic carbocycles. The number of rotatable bonds is 2. The number of hydrogen-bond donors (Lipinski definition) is 2. The van der Waals surface area contributed by atoms with Crippen molar-refractivity contribution in [3.8, 4) is 11.4 Å². The Labute approximate surface area is 147 Å². The van der Waals surface area contributed by atoms with E-state index in [1.807, 2.05) is 6.92 Å². The lowest BCUT2D eigenvalue weighted by Crippen LogP contribution is -2.38.